The van der Waals surface area contributed by atoms with Crippen molar-refractivity contribution < 1.29 is 9.53 Å². The van der Waals surface area contributed by atoms with E-state index in [0.29, 0.717) is 13.1 Å². The molecule has 1 amide bonds. The summed E-state index contributed by atoms with van der Waals surface area (Å²) >= 11 is 0. The molecule has 0 spiro atoms. The van der Waals surface area contributed by atoms with Gasteiger partial charge in [0, 0.05) is 58.7 Å². The van der Waals surface area contributed by atoms with Crippen molar-refractivity contribution in [3.05, 3.63) is 72.1 Å². The second-order valence-corrected chi connectivity index (χ2v) is 8.20. The lowest BCUT2D eigenvalue weighted by molar-refractivity contribution is -0.132. The molecule has 0 saturated carbocycles. The van der Waals surface area contributed by atoms with Crippen molar-refractivity contribution in [2.24, 2.45) is 0 Å². The van der Waals surface area contributed by atoms with Gasteiger partial charge in [0.05, 0.1) is 13.7 Å². The smallest absolute Gasteiger partial charge is 0.236 e. The molecule has 6 heteroatoms. The van der Waals surface area contributed by atoms with Crippen molar-refractivity contribution in [2.75, 3.05) is 46.9 Å². The average molecular weight is 419 g/mol. The standard InChI is InChI=1S/C25H30N4O2/c1-27(17-21-3-4-23-16-24(31-2)6-5-22(23)15-21)25(30)19-29-13-11-28(12-14-29)18-20-7-9-26-10-8-20/h3-10,15-16H,11-14,17-19H2,1-2H3. The van der Waals surface area contributed by atoms with Gasteiger partial charge in [0.25, 0.3) is 0 Å². The number of pyridine rings is 1. The number of piperazine rings is 1. The van der Waals surface area contributed by atoms with Crippen LogP contribution in [0.15, 0.2) is 60.9 Å². The summed E-state index contributed by atoms with van der Waals surface area (Å²) in [5, 5.41) is 2.30. The van der Waals surface area contributed by atoms with Crippen molar-refractivity contribution >= 4 is 16.7 Å². The highest BCUT2D eigenvalue weighted by Gasteiger charge is 2.20. The maximum Gasteiger partial charge on any atom is 0.236 e. The van der Waals surface area contributed by atoms with Crippen LogP contribution in [-0.2, 0) is 17.9 Å². The lowest BCUT2D eigenvalue weighted by Gasteiger charge is -2.35. The highest BCUT2D eigenvalue weighted by molar-refractivity contribution is 5.84. The molecule has 162 valence electrons. The third kappa shape index (κ3) is 5.60. The van der Waals surface area contributed by atoms with E-state index in [1.54, 1.807) is 7.11 Å². The fourth-order valence-electron chi connectivity index (χ4n) is 4.02. The van der Waals surface area contributed by atoms with Crippen LogP contribution in [0.25, 0.3) is 10.8 Å². The second kappa shape index (κ2) is 9.90. The quantitative estimate of drug-likeness (QED) is 0.590. The molecule has 0 atom stereocenters. The van der Waals surface area contributed by atoms with Gasteiger partial charge in [0.1, 0.15) is 5.75 Å². The van der Waals surface area contributed by atoms with Crippen LogP contribution in [0, 0.1) is 0 Å². The van der Waals surface area contributed by atoms with Crippen LogP contribution >= 0.6 is 0 Å². The number of fused-ring (bicyclic) bond motifs is 1. The molecule has 1 fully saturated rings. The number of methoxy groups -OCH3 is 1. The Morgan fingerprint density at radius 2 is 1.61 bits per heavy atom. The topological polar surface area (TPSA) is 48.9 Å². The van der Waals surface area contributed by atoms with Crippen molar-refractivity contribution in [1.29, 1.82) is 0 Å². The van der Waals surface area contributed by atoms with E-state index < -0.39 is 0 Å². The maximum atomic E-state index is 12.8. The molecular weight excluding hydrogens is 388 g/mol. The summed E-state index contributed by atoms with van der Waals surface area (Å²) in [6, 6.07) is 16.5. The molecule has 4 rings (SSSR count). The normalized spacial score (nSPS) is 15.2. The molecule has 2 heterocycles. The number of benzene rings is 2. The van der Waals surface area contributed by atoms with Crippen LogP contribution in [0.1, 0.15) is 11.1 Å². The van der Waals surface area contributed by atoms with E-state index in [0.717, 1.165) is 54.8 Å². The van der Waals surface area contributed by atoms with Crippen LogP contribution in [0.4, 0.5) is 0 Å². The van der Waals surface area contributed by atoms with Crippen LogP contribution in [0.5, 0.6) is 5.75 Å². The predicted octanol–water partition coefficient (Wildman–Crippen LogP) is 3.02. The monoisotopic (exact) mass is 418 g/mol. The summed E-state index contributed by atoms with van der Waals surface area (Å²) in [6.07, 6.45) is 3.68. The van der Waals surface area contributed by atoms with Gasteiger partial charge in [0.2, 0.25) is 5.91 Å². The zero-order valence-corrected chi connectivity index (χ0v) is 18.3. The molecule has 3 aromatic rings. The molecular formula is C25H30N4O2. The molecule has 1 aliphatic rings. The van der Waals surface area contributed by atoms with Gasteiger partial charge < -0.3 is 9.64 Å². The fourth-order valence-corrected chi connectivity index (χ4v) is 4.02. The Labute approximate surface area is 184 Å². The van der Waals surface area contributed by atoms with E-state index in [1.807, 2.05) is 36.5 Å². The summed E-state index contributed by atoms with van der Waals surface area (Å²) in [6.45, 7) is 5.83. The van der Waals surface area contributed by atoms with Gasteiger partial charge in [-0.15, -0.1) is 0 Å². The van der Waals surface area contributed by atoms with Gasteiger partial charge in [-0.2, -0.15) is 0 Å². The first kappa shape index (κ1) is 21.3. The first-order valence-electron chi connectivity index (χ1n) is 10.7. The number of nitrogens with zero attached hydrogens (tertiary/aromatic N) is 4. The van der Waals surface area contributed by atoms with Gasteiger partial charge in [-0.1, -0.05) is 18.2 Å². The van der Waals surface area contributed by atoms with E-state index in [1.165, 1.54) is 5.56 Å². The van der Waals surface area contributed by atoms with Crippen LogP contribution in [0.2, 0.25) is 0 Å². The number of carbonyl (C=O) groups is 1. The molecule has 1 saturated heterocycles. The summed E-state index contributed by atoms with van der Waals surface area (Å²) in [5.41, 5.74) is 2.42. The third-order valence-corrected chi connectivity index (χ3v) is 5.94. The number of hydrogen-bond acceptors (Lipinski definition) is 5. The van der Waals surface area contributed by atoms with Gasteiger partial charge in [-0.3, -0.25) is 19.6 Å². The average Bonchev–Trinajstić information content (AvgIpc) is 2.80. The first-order chi connectivity index (χ1) is 15.1. The Balaban J connectivity index is 1.26. The number of rotatable bonds is 7. The van der Waals surface area contributed by atoms with Crippen LogP contribution in [-0.4, -0.2) is 72.5 Å². The highest BCUT2D eigenvalue weighted by Crippen LogP contribution is 2.22. The predicted molar refractivity (Wildman–Crippen MR) is 123 cm³/mol. The van der Waals surface area contributed by atoms with Gasteiger partial charge >= 0.3 is 0 Å². The number of likely N-dealkylation sites (N-methyl/N-ethyl adjacent to an activating group) is 1. The number of ether oxygens (including phenoxy) is 1. The highest BCUT2D eigenvalue weighted by atomic mass is 16.5. The van der Waals surface area contributed by atoms with E-state index in [2.05, 4.69) is 51.2 Å². The Hall–Kier alpha value is -2.96. The first-order valence-corrected chi connectivity index (χ1v) is 10.7. The number of aromatic nitrogens is 1. The molecule has 1 aromatic heterocycles. The molecule has 6 nitrogen and oxygen atoms in total. The maximum absolute atomic E-state index is 12.8. The zero-order chi connectivity index (χ0) is 21.6. The molecule has 0 N–H and O–H groups in total. The Kier molecular flexibility index (Phi) is 6.79. The molecule has 31 heavy (non-hydrogen) atoms. The van der Waals surface area contributed by atoms with Crippen LogP contribution < -0.4 is 4.74 Å². The lowest BCUT2D eigenvalue weighted by atomic mass is 10.1. The largest absolute Gasteiger partial charge is 0.497 e. The molecule has 1 aliphatic heterocycles. The summed E-state index contributed by atoms with van der Waals surface area (Å²) < 4.78 is 5.29. The van der Waals surface area contributed by atoms with E-state index in [9.17, 15) is 4.79 Å². The summed E-state index contributed by atoms with van der Waals surface area (Å²) in [5.74, 6) is 1.02. The summed E-state index contributed by atoms with van der Waals surface area (Å²) in [7, 11) is 3.57. The Morgan fingerprint density at radius 3 is 2.35 bits per heavy atom. The van der Waals surface area contributed by atoms with Gasteiger partial charge in [-0.25, -0.2) is 0 Å². The van der Waals surface area contributed by atoms with Crippen molar-refractivity contribution in [3.63, 3.8) is 0 Å². The van der Waals surface area contributed by atoms with Gasteiger partial charge in [-0.05, 0) is 52.2 Å². The van der Waals surface area contributed by atoms with E-state index >= 15 is 0 Å². The minimum atomic E-state index is 0.164. The Bertz CT molecular complexity index is 1020. The van der Waals surface area contributed by atoms with E-state index in [4.69, 9.17) is 4.74 Å². The van der Waals surface area contributed by atoms with Crippen molar-refractivity contribution in [2.45, 2.75) is 13.1 Å². The zero-order valence-electron chi connectivity index (χ0n) is 18.3. The molecule has 0 unspecified atom stereocenters. The fraction of sp³-hybridized carbons (Fsp3) is 0.360. The van der Waals surface area contributed by atoms with Crippen molar-refractivity contribution in [3.8, 4) is 5.75 Å². The van der Waals surface area contributed by atoms with Gasteiger partial charge in [0.15, 0.2) is 0 Å². The molecule has 0 aliphatic carbocycles. The lowest BCUT2D eigenvalue weighted by Crippen LogP contribution is -2.49. The second-order valence-electron chi connectivity index (χ2n) is 8.20. The minimum Gasteiger partial charge on any atom is -0.497 e. The molecule has 0 bridgehead atoms. The molecule has 0 radical (unpaired) electrons. The third-order valence-electron chi connectivity index (χ3n) is 5.94. The number of carbonyl (C=O) groups excluding carboxylic acids is 1. The van der Waals surface area contributed by atoms with Crippen LogP contribution in [0.3, 0.4) is 0 Å². The SMILES string of the molecule is COc1ccc2cc(CN(C)C(=O)CN3CCN(Cc4ccncc4)CC3)ccc2c1. The Morgan fingerprint density at radius 1 is 0.935 bits per heavy atom. The minimum absolute atomic E-state index is 0.164. The van der Waals surface area contributed by atoms with Crippen molar-refractivity contribution in [1.82, 2.24) is 19.7 Å². The summed E-state index contributed by atoms with van der Waals surface area (Å²) in [4.78, 5) is 23.4. The number of hydrogen-bond donors (Lipinski definition) is 0. The number of amides is 1. The molecule has 2 aromatic carbocycles. The van der Waals surface area contributed by atoms with E-state index in [-0.39, 0.29) is 5.91 Å².